The van der Waals surface area contributed by atoms with E-state index in [-0.39, 0.29) is 0 Å². The molecule has 2 N–H and O–H groups in total. The van der Waals surface area contributed by atoms with Gasteiger partial charge >= 0.3 is 6.18 Å². The number of aromatic nitrogens is 1. The van der Waals surface area contributed by atoms with Crippen molar-refractivity contribution in [3.8, 4) is 0 Å². The average molecular weight is 218 g/mol. The van der Waals surface area contributed by atoms with Crippen LogP contribution in [0.3, 0.4) is 0 Å². The van der Waals surface area contributed by atoms with Gasteiger partial charge in [0.15, 0.2) is 6.10 Å². The highest BCUT2D eigenvalue weighted by Gasteiger charge is 2.36. The second-order valence-electron chi connectivity index (χ2n) is 2.70. The Balaban J connectivity index is 2.47. The van der Waals surface area contributed by atoms with Gasteiger partial charge in [-0.25, -0.2) is 4.98 Å². The van der Waals surface area contributed by atoms with Crippen LogP contribution in [0.5, 0.6) is 0 Å². The SMILES string of the molecule is O[C@H](/C=C/Nc1ccccn1)C(F)(F)F. The molecular formula is C9H9F3N2O. The summed E-state index contributed by atoms with van der Waals surface area (Å²) < 4.78 is 35.5. The molecule has 3 nitrogen and oxygen atoms in total. The van der Waals surface area contributed by atoms with Crippen molar-refractivity contribution in [3.05, 3.63) is 36.7 Å². The van der Waals surface area contributed by atoms with E-state index in [0.717, 1.165) is 6.20 Å². The van der Waals surface area contributed by atoms with Crippen LogP contribution < -0.4 is 5.32 Å². The lowest BCUT2D eigenvalue weighted by Crippen LogP contribution is -2.26. The molecular weight excluding hydrogens is 209 g/mol. The Hall–Kier alpha value is -1.56. The molecule has 1 atom stereocenters. The molecule has 0 aliphatic rings. The lowest BCUT2D eigenvalue weighted by atomic mass is 10.3. The quantitative estimate of drug-likeness (QED) is 0.814. The molecule has 0 unspecified atom stereocenters. The second kappa shape index (κ2) is 4.79. The average Bonchev–Trinajstić information content (AvgIpc) is 2.18. The number of halogens is 3. The van der Waals surface area contributed by atoms with E-state index in [1.54, 1.807) is 18.2 Å². The first-order valence-electron chi connectivity index (χ1n) is 4.09. The predicted molar refractivity (Wildman–Crippen MR) is 49.1 cm³/mol. The molecule has 0 bridgehead atoms. The van der Waals surface area contributed by atoms with Crippen LogP contribution in [0.2, 0.25) is 0 Å². The largest absolute Gasteiger partial charge is 0.418 e. The molecule has 0 fully saturated rings. The lowest BCUT2D eigenvalue weighted by Gasteiger charge is -2.09. The van der Waals surface area contributed by atoms with Crippen molar-refractivity contribution in [2.24, 2.45) is 0 Å². The van der Waals surface area contributed by atoms with Crippen LogP contribution in [-0.2, 0) is 0 Å². The molecule has 1 aromatic rings. The summed E-state index contributed by atoms with van der Waals surface area (Å²) in [5, 5.41) is 11.1. The van der Waals surface area contributed by atoms with Crippen LogP contribution in [0.1, 0.15) is 0 Å². The number of aliphatic hydroxyl groups is 1. The number of aliphatic hydroxyl groups excluding tert-OH is 1. The number of hydrogen-bond acceptors (Lipinski definition) is 3. The highest BCUT2D eigenvalue weighted by atomic mass is 19.4. The summed E-state index contributed by atoms with van der Waals surface area (Å²) in [5.74, 6) is 0.406. The Morgan fingerprint density at radius 3 is 2.67 bits per heavy atom. The molecule has 15 heavy (non-hydrogen) atoms. The summed E-state index contributed by atoms with van der Waals surface area (Å²) >= 11 is 0. The normalized spacial score (nSPS) is 14.1. The first-order valence-corrected chi connectivity index (χ1v) is 4.09. The number of anilines is 1. The van der Waals surface area contributed by atoms with Gasteiger partial charge in [0, 0.05) is 12.4 Å². The van der Waals surface area contributed by atoms with Crippen molar-refractivity contribution in [2.45, 2.75) is 12.3 Å². The van der Waals surface area contributed by atoms with E-state index in [1.807, 2.05) is 0 Å². The van der Waals surface area contributed by atoms with Crippen molar-refractivity contribution < 1.29 is 18.3 Å². The fourth-order valence-corrected chi connectivity index (χ4v) is 0.782. The highest BCUT2D eigenvalue weighted by molar-refractivity contribution is 5.36. The van der Waals surface area contributed by atoms with Crippen molar-refractivity contribution in [1.29, 1.82) is 0 Å². The molecule has 0 saturated heterocycles. The van der Waals surface area contributed by atoms with Crippen molar-refractivity contribution in [2.75, 3.05) is 5.32 Å². The van der Waals surface area contributed by atoms with E-state index in [0.29, 0.717) is 11.9 Å². The van der Waals surface area contributed by atoms with Crippen LogP contribution in [0.15, 0.2) is 36.7 Å². The molecule has 6 heteroatoms. The minimum atomic E-state index is -4.64. The van der Waals surface area contributed by atoms with Crippen LogP contribution >= 0.6 is 0 Å². The Labute approximate surface area is 84.3 Å². The monoisotopic (exact) mass is 218 g/mol. The minimum Gasteiger partial charge on any atom is -0.380 e. The third-order valence-corrected chi connectivity index (χ3v) is 1.51. The molecule has 0 amide bonds. The summed E-state index contributed by atoms with van der Waals surface area (Å²) in [5.41, 5.74) is 0. The number of pyridine rings is 1. The maximum atomic E-state index is 11.8. The van der Waals surface area contributed by atoms with Crippen molar-refractivity contribution in [3.63, 3.8) is 0 Å². The first-order chi connectivity index (χ1) is 7.00. The molecule has 1 aromatic heterocycles. The standard InChI is InChI=1S/C9H9F3N2O/c10-9(11,12)7(15)4-6-14-8-3-1-2-5-13-8/h1-7,15H,(H,13,14)/b6-4+/t7-/m1/s1. The van der Waals surface area contributed by atoms with Gasteiger partial charge in [-0.1, -0.05) is 6.07 Å². The molecule has 0 saturated carbocycles. The van der Waals surface area contributed by atoms with E-state index in [1.165, 1.54) is 6.20 Å². The van der Waals surface area contributed by atoms with Crippen molar-refractivity contribution >= 4 is 5.82 Å². The highest BCUT2D eigenvalue weighted by Crippen LogP contribution is 2.20. The van der Waals surface area contributed by atoms with Gasteiger partial charge in [-0.3, -0.25) is 0 Å². The third-order valence-electron chi connectivity index (χ3n) is 1.51. The number of alkyl halides is 3. The smallest absolute Gasteiger partial charge is 0.380 e. The number of rotatable bonds is 3. The van der Waals surface area contributed by atoms with Gasteiger partial charge in [0.25, 0.3) is 0 Å². The van der Waals surface area contributed by atoms with E-state index < -0.39 is 12.3 Å². The fraction of sp³-hybridized carbons (Fsp3) is 0.222. The summed E-state index contributed by atoms with van der Waals surface area (Å²) in [6.07, 6.45) is -4.00. The number of hydrogen-bond donors (Lipinski definition) is 2. The zero-order valence-electron chi connectivity index (χ0n) is 7.57. The van der Waals surface area contributed by atoms with Crippen LogP contribution in [0, 0.1) is 0 Å². The summed E-state index contributed by atoms with van der Waals surface area (Å²) in [6.45, 7) is 0. The molecule has 0 aliphatic heterocycles. The Bertz CT molecular complexity index is 324. The molecule has 0 radical (unpaired) electrons. The molecule has 1 heterocycles. The molecule has 0 aromatic carbocycles. The van der Waals surface area contributed by atoms with Gasteiger partial charge in [0.1, 0.15) is 5.82 Å². The van der Waals surface area contributed by atoms with Gasteiger partial charge in [-0.15, -0.1) is 0 Å². The third kappa shape index (κ3) is 3.99. The Kier molecular flexibility index (Phi) is 3.68. The molecule has 1 rings (SSSR count). The molecule has 0 aliphatic carbocycles. The van der Waals surface area contributed by atoms with E-state index in [2.05, 4.69) is 10.3 Å². The summed E-state index contributed by atoms with van der Waals surface area (Å²) in [4.78, 5) is 3.81. The predicted octanol–water partition coefficient (Wildman–Crippen LogP) is 1.93. The van der Waals surface area contributed by atoms with Gasteiger partial charge in [0.05, 0.1) is 0 Å². The van der Waals surface area contributed by atoms with Gasteiger partial charge in [-0.2, -0.15) is 13.2 Å². The number of nitrogens with zero attached hydrogens (tertiary/aromatic N) is 1. The van der Waals surface area contributed by atoms with Crippen LogP contribution in [0.25, 0.3) is 0 Å². The van der Waals surface area contributed by atoms with Gasteiger partial charge in [-0.05, 0) is 18.2 Å². The zero-order chi connectivity index (χ0) is 11.3. The Morgan fingerprint density at radius 1 is 1.40 bits per heavy atom. The summed E-state index contributed by atoms with van der Waals surface area (Å²) in [7, 11) is 0. The first kappa shape index (κ1) is 11.5. The Morgan fingerprint density at radius 2 is 2.13 bits per heavy atom. The van der Waals surface area contributed by atoms with Crippen molar-refractivity contribution in [1.82, 2.24) is 4.98 Å². The summed E-state index contributed by atoms with van der Waals surface area (Å²) in [6, 6.07) is 4.95. The molecule has 82 valence electrons. The van der Waals surface area contributed by atoms with Crippen LogP contribution in [0.4, 0.5) is 19.0 Å². The zero-order valence-corrected chi connectivity index (χ0v) is 7.57. The van der Waals surface area contributed by atoms with Gasteiger partial charge in [0.2, 0.25) is 0 Å². The molecule has 0 spiro atoms. The number of nitrogens with one attached hydrogen (secondary N) is 1. The van der Waals surface area contributed by atoms with E-state index >= 15 is 0 Å². The minimum absolute atomic E-state index is 0.406. The van der Waals surface area contributed by atoms with E-state index in [4.69, 9.17) is 5.11 Å². The van der Waals surface area contributed by atoms with Crippen LogP contribution in [-0.4, -0.2) is 22.4 Å². The van der Waals surface area contributed by atoms with E-state index in [9.17, 15) is 13.2 Å². The topological polar surface area (TPSA) is 45.1 Å². The maximum absolute atomic E-state index is 11.8. The maximum Gasteiger partial charge on any atom is 0.418 e. The second-order valence-corrected chi connectivity index (χ2v) is 2.70. The lowest BCUT2D eigenvalue weighted by molar-refractivity contribution is -0.187. The fourth-order valence-electron chi connectivity index (χ4n) is 0.782. The van der Waals surface area contributed by atoms with Gasteiger partial charge < -0.3 is 10.4 Å².